The molecule has 0 aliphatic carbocycles. The molecule has 1 aromatic carbocycles. The van der Waals surface area contributed by atoms with E-state index in [1.54, 1.807) is 6.07 Å². The number of nitrogens with zero attached hydrogens (tertiary/aromatic N) is 2. The summed E-state index contributed by atoms with van der Waals surface area (Å²) in [6, 6.07) is 5.52. The van der Waals surface area contributed by atoms with Gasteiger partial charge < -0.3 is 9.67 Å². The number of aromatic amines is 1. The number of carboxylic acids is 1. The first-order valence-corrected chi connectivity index (χ1v) is 5.97. The number of carboxylic acid groups (broad SMARTS) is 1. The molecule has 5 nitrogen and oxygen atoms in total. The Labute approximate surface area is 113 Å². The number of hydrogen-bond donors (Lipinski definition) is 2. The van der Waals surface area contributed by atoms with Crippen LogP contribution in [0.25, 0.3) is 22.2 Å². The number of benzene rings is 1. The fourth-order valence-corrected chi connectivity index (χ4v) is 2.39. The van der Waals surface area contributed by atoms with Gasteiger partial charge in [0.15, 0.2) is 0 Å². The van der Waals surface area contributed by atoms with Crippen LogP contribution in [0.4, 0.5) is 0 Å². The highest BCUT2D eigenvalue weighted by atomic mass is 35.5. The second-order valence-electron chi connectivity index (χ2n) is 4.28. The molecule has 0 amide bonds. The van der Waals surface area contributed by atoms with Crippen LogP contribution in [0.2, 0.25) is 5.02 Å². The summed E-state index contributed by atoms with van der Waals surface area (Å²) in [5.41, 5.74) is 2.38. The molecule has 0 bridgehead atoms. The van der Waals surface area contributed by atoms with Crippen LogP contribution in [-0.2, 0) is 7.05 Å². The summed E-state index contributed by atoms with van der Waals surface area (Å²) < 4.78 is 1.92. The molecule has 2 aromatic heterocycles. The molecular weight excluding hydrogens is 266 g/mol. The summed E-state index contributed by atoms with van der Waals surface area (Å²) in [4.78, 5) is 11.2. The van der Waals surface area contributed by atoms with Crippen LogP contribution in [0, 0.1) is 0 Å². The minimum atomic E-state index is -1.01. The predicted octanol–water partition coefficient (Wildman–Crippen LogP) is 2.92. The third-order valence-electron chi connectivity index (χ3n) is 3.09. The molecule has 0 unspecified atom stereocenters. The van der Waals surface area contributed by atoms with Crippen molar-refractivity contribution in [2.24, 2.45) is 7.05 Å². The van der Waals surface area contributed by atoms with Gasteiger partial charge in [-0.1, -0.05) is 11.6 Å². The number of aryl methyl sites for hydroxylation is 1. The smallest absolute Gasteiger partial charge is 0.339 e. The highest BCUT2D eigenvalue weighted by Gasteiger charge is 2.18. The maximum atomic E-state index is 11.2. The third kappa shape index (κ3) is 1.79. The largest absolute Gasteiger partial charge is 0.478 e. The lowest BCUT2D eigenvalue weighted by molar-refractivity contribution is 0.0698. The third-order valence-corrected chi connectivity index (χ3v) is 3.33. The zero-order valence-electron chi connectivity index (χ0n) is 10.0. The molecule has 96 valence electrons. The van der Waals surface area contributed by atoms with E-state index in [1.165, 1.54) is 6.20 Å². The van der Waals surface area contributed by atoms with Crippen LogP contribution in [0.3, 0.4) is 0 Å². The number of nitrogens with one attached hydrogen (secondary N) is 1. The highest BCUT2D eigenvalue weighted by molar-refractivity contribution is 6.31. The maximum absolute atomic E-state index is 11.2. The maximum Gasteiger partial charge on any atom is 0.339 e. The van der Waals surface area contributed by atoms with Crippen molar-refractivity contribution in [3.8, 4) is 11.3 Å². The number of carbonyl (C=O) groups is 1. The van der Waals surface area contributed by atoms with Crippen LogP contribution >= 0.6 is 11.6 Å². The molecule has 3 aromatic rings. The molecule has 2 N–H and O–H groups in total. The Morgan fingerprint density at radius 2 is 2.26 bits per heavy atom. The first-order chi connectivity index (χ1) is 9.08. The first kappa shape index (κ1) is 11.8. The van der Waals surface area contributed by atoms with Crippen LogP contribution in [-0.4, -0.2) is 25.8 Å². The average Bonchev–Trinajstić information content (AvgIpc) is 2.94. The zero-order chi connectivity index (χ0) is 13.6. The van der Waals surface area contributed by atoms with E-state index in [9.17, 15) is 4.79 Å². The van der Waals surface area contributed by atoms with Crippen molar-refractivity contribution in [3.63, 3.8) is 0 Å². The van der Waals surface area contributed by atoms with Crippen molar-refractivity contribution in [2.75, 3.05) is 0 Å². The van der Waals surface area contributed by atoms with Gasteiger partial charge >= 0.3 is 5.97 Å². The summed E-state index contributed by atoms with van der Waals surface area (Å²) in [6.45, 7) is 0. The van der Waals surface area contributed by atoms with Crippen LogP contribution in [0.5, 0.6) is 0 Å². The van der Waals surface area contributed by atoms with E-state index in [1.807, 2.05) is 29.9 Å². The van der Waals surface area contributed by atoms with E-state index in [0.717, 1.165) is 16.5 Å². The molecule has 0 radical (unpaired) electrons. The van der Waals surface area contributed by atoms with Gasteiger partial charge in [0.05, 0.1) is 11.9 Å². The lowest BCUT2D eigenvalue weighted by atomic mass is 10.1. The van der Waals surface area contributed by atoms with Crippen molar-refractivity contribution in [1.82, 2.24) is 14.8 Å². The summed E-state index contributed by atoms with van der Waals surface area (Å²) >= 11 is 6.01. The minimum Gasteiger partial charge on any atom is -0.478 e. The highest BCUT2D eigenvalue weighted by Crippen LogP contribution is 2.32. The van der Waals surface area contributed by atoms with Crippen molar-refractivity contribution < 1.29 is 9.90 Å². The zero-order valence-corrected chi connectivity index (χ0v) is 10.8. The molecule has 0 aliphatic rings. The van der Waals surface area contributed by atoms with Crippen molar-refractivity contribution in [2.45, 2.75) is 0 Å². The van der Waals surface area contributed by atoms with Crippen LogP contribution < -0.4 is 0 Å². The molecule has 6 heteroatoms. The van der Waals surface area contributed by atoms with E-state index in [4.69, 9.17) is 16.7 Å². The predicted molar refractivity (Wildman–Crippen MR) is 72.5 cm³/mol. The fraction of sp³-hybridized carbons (Fsp3) is 0.0769. The molecule has 0 aliphatic heterocycles. The van der Waals surface area contributed by atoms with Crippen molar-refractivity contribution in [1.29, 1.82) is 0 Å². The fourth-order valence-electron chi connectivity index (χ4n) is 2.22. The van der Waals surface area contributed by atoms with Gasteiger partial charge in [0.25, 0.3) is 0 Å². The molecule has 0 atom stereocenters. The molecule has 3 rings (SSSR count). The number of hydrogen-bond acceptors (Lipinski definition) is 2. The SMILES string of the molecule is Cn1cc(-c2[nH]ncc2C(=O)O)c2cc(Cl)ccc21. The number of aromatic carboxylic acids is 1. The van der Waals surface area contributed by atoms with Gasteiger partial charge in [-0.05, 0) is 18.2 Å². The summed E-state index contributed by atoms with van der Waals surface area (Å²) in [5.74, 6) is -1.01. The van der Waals surface area contributed by atoms with Crippen molar-refractivity contribution >= 4 is 28.5 Å². The van der Waals surface area contributed by atoms with Crippen LogP contribution in [0.1, 0.15) is 10.4 Å². The van der Waals surface area contributed by atoms with Gasteiger partial charge in [-0.2, -0.15) is 5.10 Å². The molecule has 0 saturated carbocycles. The topological polar surface area (TPSA) is 70.9 Å². The van der Waals surface area contributed by atoms with E-state index >= 15 is 0 Å². The molecule has 0 spiro atoms. The Hall–Kier alpha value is -2.27. The molecular formula is C13H10ClN3O2. The van der Waals surface area contributed by atoms with Gasteiger partial charge in [-0.25, -0.2) is 4.79 Å². The van der Waals surface area contributed by atoms with Crippen LogP contribution in [0.15, 0.2) is 30.6 Å². The van der Waals surface area contributed by atoms with E-state index in [-0.39, 0.29) is 5.56 Å². The molecule has 0 saturated heterocycles. The van der Waals surface area contributed by atoms with E-state index in [2.05, 4.69) is 10.2 Å². The Kier molecular flexibility index (Phi) is 2.57. The number of aromatic nitrogens is 3. The Balaban J connectivity index is 2.33. The van der Waals surface area contributed by atoms with E-state index in [0.29, 0.717) is 10.7 Å². The van der Waals surface area contributed by atoms with Gasteiger partial charge in [-0.15, -0.1) is 0 Å². The second-order valence-corrected chi connectivity index (χ2v) is 4.72. The Bertz CT molecular complexity index is 788. The van der Waals surface area contributed by atoms with Crippen molar-refractivity contribution in [3.05, 3.63) is 41.2 Å². The number of H-pyrrole nitrogens is 1. The number of rotatable bonds is 2. The number of fused-ring (bicyclic) bond motifs is 1. The Morgan fingerprint density at radius 3 is 3.00 bits per heavy atom. The van der Waals surface area contributed by atoms with Gasteiger partial charge in [0, 0.05) is 34.7 Å². The minimum absolute atomic E-state index is 0.146. The average molecular weight is 276 g/mol. The summed E-state index contributed by atoms with van der Waals surface area (Å²) in [5, 5.41) is 17.2. The Morgan fingerprint density at radius 1 is 1.47 bits per heavy atom. The monoisotopic (exact) mass is 275 g/mol. The normalized spacial score (nSPS) is 11.1. The summed E-state index contributed by atoms with van der Waals surface area (Å²) in [6.07, 6.45) is 3.17. The number of halogens is 1. The summed E-state index contributed by atoms with van der Waals surface area (Å²) in [7, 11) is 1.90. The quantitative estimate of drug-likeness (QED) is 0.755. The van der Waals surface area contributed by atoms with Gasteiger partial charge in [0.1, 0.15) is 5.56 Å². The second kappa shape index (κ2) is 4.13. The van der Waals surface area contributed by atoms with E-state index < -0.39 is 5.97 Å². The molecule has 19 heavy (non-hydrogen) atoms. The lowest BCUT2D eigenvalue weighted by Crippen LogP contribution is -1.96. The molecule has 2 heterocycles. The lowest BCUT2D eigenvalue weighted by Gasteiger charge is -1.98. The first-order valence-electron chi connectivity index (χ1n) is 5.59. The standard InChI is InChI=1S/C13H10ClN3O2/c1-17-6-10(8-4-7(14)2-3-11(8)17)12-9(13(18)19)5-15-16-12/h2-6H,1H3,(H,15,16)(H,18,19). The van der Waals surface area contributed by atoms with Gasteiger partial charge in [0.2, 0.25) is 0 Å². The van der Waals surface area contributed by atoms with Gasteiger partial charge in [-0.3, -0.25) is 5.10 Å². The molecule has 0 fully saturated rings.